The average molecular weight is 1090 g/mol. The number of piperazine rings is 1. The maximum atomic E-state index is 15.5. The van der Waals surface area contributed by atoms with E-state index in [9.17, 15) is 39.6 Å². The second-order valence-electron chi connectivity index (χ2n) is 23.8. The number of cyclic esters (lactones) is 1. The van der Waals surface area contributed by atoms with Crippen LogP contribution in [0.15, 0.2) is 29.2 Å². The van der Waals surface area contributed by atoms with Crippen molar-refractivity contribution < 1.29 is 72.4 Å². The molecule has 4 saturated heterocycles. The summed E-state index contributed by atoms with van der Waals surface area (Å²) in [4.78, 5) is 60.6. The number of halogens is 1. The zero-order valence-corrected chi connectivity index (χ0v) is 47.5. The van der Waals surface area contributed by atoms with Crippen molar-refractivity contribution in [1.29, 1.82) is 0 Å². The van der Waals surface area contributed by atoms with E-state index in [1.165, 1.54) is 40.0 Å². The molecule has 77 heavy (non-hydrogen) atoms. The molecule has 0 spiro atoms. The first-order valence-corrected chi connectivity index (χ1v) is 27.8. The summed E-state index contributed by atoms with van der Waals surface area (Å²) in [6.45, 7) is 18.9. The van der Waals surface area contributed by atoms with E-state index in [4.69, 9.17) is 33.2 Å². The average Bonchev–Trinajstić information content (AvgIpc) is 4.24. The maximum absolute atomic E-state index is 15.5. The van der Waals surface area contributed by atoms with Crippen LogP contribution in [0.25, 0.3) is 10.9 Å². The Labute approximate surface area is 452 Å². The number of fused-ring (bicyclic) bond motifs is 1. The molecule has 0 radical (unpaired) electrons. The minimum absolute atomic E-state index is 0.00862. The predicted octanol–water partition coefficient (Wildman–Crippen LogP) is 3.64. The van der Waals surface area contributed by atoms with Gasteiger partial charge in [0.05, 0.1) is 65.6 Å². The smallest absolute Gasteiger partial charge is 0.311 e. The zero-order valence-electron chi connectivity index (χ0n) is 47.5. The molecule has 5 N–H and O–H groups in total. The quantitative estimate of drug-likeness (QED) is 0.180. The Morgan fingerprint density at radius 3 is 2.22 bits per heavy atom. The van der Waals surface area contributed by atoms with E-state index in [1.54, 1.807) is 53.8 Å². The fraction of sp³-hybridized carbons (Fsp3) is 0.786. The van der Waals surface area contributed by atoms with Crippen molar-refractivity contribution in [2.75, 3.05) is 58.8 Å². The Kier molecular flexibility index (Phi) is 19.3. The first-order chi connectivity index (χ1) is 36.1. The maximum Gasteiger partial charge on any atom is 0.311 e. The number of nitrogens with zero attached hydrogens (tertiary/aromatic N) is 4. The highest BCUT2D eigenvalue weighted by atomic mass is 19.1. The molecule has 0 unspecified atom stereocenters. The third-order valence-corrected chi connectivity index (χ3v) is 17.2. The second kappa shape index (κ2) is 24.5. The summed E-state index contributed by atoms with van der Waals surface area (Å²) >= 11 is 0. The zero-order chi connectivity index (χ0) is 56.6. The normalized spacial score (nSPS) is 39.4. The van der Waals surface area contributed by atoms with Crippen LogP contribution < -0.4 is 15.6 Å². The fourth-order valence-corrected chi connectivity index (χ4v) is 12.3. The van der Waals surface area contributed by atoms with Crippen molar-refractivity contribution in [3.05, 3.63) is 40.4 Å². The number of aliphatic hydroxyl groups is 4. The van der Waals surface area contributed by atoms with Gasteiger partial charge in [-0.1, -0.05) is 20.8 Å². The molecule has 18 atom stereocenters. The Morgan fingerprint density at radius 1 is 0.922 bits per heavy atom. The number of amides is 1. The molecule has 1 aromatic carbocycles. The minimum Gasteiger partial charge on any atom is -0.459 e. The Morgan fingerprint density at radius 2 is 1.60 bits per heavy atom. The minimum atomic E-state index is -2.08. The Balaban J connectivity index is 1.08. The van der Waals surface area contributed by atoms with Gasteiger partial charge in [-0.2, -0.15) is 0 Å². The summed E-state index contributed by atoms with van der Waals surface area (Å²) in [5, 5.41) is 50.9. The Hall–Kier alpha value is -3.87. The van der Waals surface area contributed by atoms with Crippen molar-refractivity contribution in [3.8, 4) is 0 Å². The largest absolute Gasteiger partial charge is 0.459 e. The Bertz CT molecular complexity index is 2430. The van der Waals surface area contributed by atoms with Crippen LogP contribution in [0.2, 0.25) is 0 Å². The number of benzene rings is 1. The van der Waals surface area contributed by atoms with Crippen LogP contribution in [0.5, 0.6) is 0 Å². The molecule has 1 aliphatic carbocycles. The molecule has 1 saturated carbocycles. The SMILES string of the molecule is CC[C@H]1OC(=O)[C@H](C)[C@@H](O[C@H]2C[C@@](C)(OC)[C@@H](OC(=O)CCN3CCN(c4cc5c(cc4F)c(=O)ccn5C4CC4)CC3)[C@H](C)O2)[C@H](C)[C@@H](O[C@@H]2O[C@H](C)C[C@H](N(C)C)[C@H]2O)[C@](C)(O)C[C@@H](C)NC(=O)[C@H](C)[C@@H](O)[C@]1(C)O. The van der Waals surface area contributed by atoms with Crippen LogP contribution in [-0.4, -0.2) is 197 Å². The van der Waals surface area contributed by atoms with Gasteiger partial charge in [-0.25, -0.2) is 4.39 Å². The summed E-state index contributed by atoms with van der Waals surface area (Å²) in [5.74, 6) is -5.60. The standard InChI is InChI=1S/C56H88FN5O15/c1-14-43-56(10,70)48(66)34(6)51(67)58-30(2)28-54(8,69)49(77-53-46(65)41(59(11)12)25-31(3)72-53)32(4)47(33(5)52(68)74-43)76-45-29-55(9,71-13)50(35(7)73-45)75-44(64)18-19-60-21-23-61(24-22-60)40-27-39-37(26-38(40)57)42(63)17-20-62(39)36-15-16-36/h17,20,26-27,30-36,41,43,45-50,53,65-66,69-70H,14-16,18-19,21-25,28-29H2,1-13H3,(H,58,67)/t30-,31-,32+,33-,34-,35+,41+,43-,45+,46-,47+,48-,49-,50+,53+,54-,55-,56-/m1/s1. The highest BCUT2D eigenvalue weighted by molar-refractivity contribution is 5.83. The van der Waals surface area contributed by atoms with Crippen LogP contribution in [0.3, 0.4) is 0 Å². The van der Waals surface area contributed by atoms with Gasteiger partial charge in [0.1, 0.15) is 29.2 Å². The first kappa shape index (κ1) is 60.8. The van der Waals surface area contributed by atoms with Crippen molar-refractivity contribution in [3.63, 3.8) is 0 Å². The number of aromatic nitrogens is 1. The van der Waals surface area contributed by atoms with Crippen molar-refractivity contribution in [2.45, 2.75) is 211 Å². The molecular formula is C56H88FN5O15. The van der Waals surface area contributed by atoms with E-state index in [0.717, 1.165) is 18.4 Å². The first-order valence-electron chi connectivity index (χ1n) is 27.8. The number of carbonyl (C=O) groups excluding carboxylic acids is 3. The number of carbonyl (C=O) groups is 3. The molecular weight excluding hydrogens is 1000 g/mol. The van der Waals surface area contributed by atoms with Crippen LogP contribution in [0.4, 0.5) is 10.1 Å². The van der Waals surface area contributed by atoms with E-state index in [0.29, 0.717) is 56.3 Å². The molecule has 5 aliphatic rings. The molecule has 1 aromatic heterocycles. The van der Waals surface area contributed by atoms with Crippen molar-refractivity contribution in [2.24, 2.45) is 17.8 Å². The van der Waals surface area contributed by atoms with E-state index < -0.39 is 120 Å². The van der Waals surface area contributed by atoms with Crippen LogP contribution in [0.1, 0.15) is 120 Å². The number of nitrogens with one attached hydrogen (secondary N) is 1. The highest BCUT2D eigenvalue weighted by Crippen LogP contribution is 2.42. The van der Waals surface area contributed by atoms with E-state index in [1.807, 2.05) is 30.8 Å². The van der Waals surface area contributed by atoms with Gasteiger partial charge in [0.25, 0.3) is 0 Å². The number of anilines is 1. The van der Waals surface area contributed by atoms with Gasteiger partial charge in [0, 0.05) is 87.9 Å². The lowest BCUT2D eigenvalue weighted by atomic mass is 9.78. The van der Waals surface area contributed by atoms with Gasteiger partial charge in [-0.3, -0.25) is 24.1 Å². The molecule has 1 amide bonds. The molecule has 5 fully saturated rings. The van der Waals surface area contributed by atoms with Gasteiger partial charge in [0.2, 0.25) is 5.91 Å². The van der Waals surface area contributed by atoms with E-state index in [-0.39, 0.29) is 43.3 Å². The third-order valence-electron chi connectivity index (χ3n) is 17.2. The number of rotatable bonds is 13. The summed E-state index contributed by atoms with van der Waals surface area (Å²) in [6, 6.07) is 3.85. The van der Waals surface area contributed by atoms with E-state index >= 15 is 4.39 Å². The summed E-state index contributed by atoms with van der Waals surface area (Å²) < 4.78 is 62.3. The number of hydrogen-bond acceptors (Lipinski definition) is 18. The van der Waals surface area contributed by atoms with Crippen LogP contribution in [-0.2, 0) is 47.5 Å². The number of ether oxygens (including phenoxy) is 7. The van der Waals surface area contributed by atoms with Crippen LogP contribution >= 0.6 is 0 Å². The predicted molar refractivity (Wildman–Crippen MR) is 283 cm³/mol. The lowest BCUT2D eigenvalue weighted by Gasteiger charge is -2.49. The molecule has 5 heterocycles. The van der Waals surface area contributed by atoms with Gasteiger partial charge in [-0.05, 0) is 107 Å². The number of likely N-dealkylation sites (N-methyl/N-ethyl adjacent to an activating group) is 1. The molecule has 20 nitrogen and oxygen atoms in total. The van der Waals surface area contributed by atoms with Crippen LogP contribution in [0, 0.1) is 23.6 Å². The summed E-state index contributed by atoms with van der Waals surface area (Å²) in [5.41, 5.74) is -4.11. The number of pyridine rings is 1. The lowest BCUT2D eigenvalue weighted by molar-refractivity contribution is -0.318. The lowest BCUT2D eigenvalue weighted by Crippen LogP contribution is -2.61. The fourth-order valence-electron chi connectivity index (χ4n) is 12.3. The van der Waals surface area contributed by atoms with Gasteiger partial charge >= 0.3 is 11.9 Å². The van der Waals surface area contributed by atoms with Crippen molar-refractivity contribution in [1.82, 2.24) is 19.7 Å². The molecule has 0 bridgehead atoms. The molecule has 2 aromatic rings. The van der Waals surface area contributed by atoms with Gasteiger partial charge < -0.3 is 73.3 Å². The van der Waals surface area contributed by atoms with Gasteiger partial charge in [-0.15, -0.1) is 0 Å². The molecule has 7 rings (SSSR count). The summed E-state index contributed by atoms with van der Waals surface area (Å²) in [6.07, 6.45) is -6.60. The number of methoxy groups -OCH3 is 1. The molecule has 21 heteroatoms. The second-order valence-corrected chi connectivity index (χ2v) is 23.8. The number of esters is 2. The summed E-state index contributed by atoms with van der Waals surface area (Å²) in [7, 11) is 5.18. The van der Waals surface area contributed by atoms with Gasteiger partial charge in [0.15, 0.2) is 24.1 Å². The molecule has 434 valence electrons. The monoisotopic (exact) mass is 1090 g/mol. The topological polar surface area (TPSA) is 240 Å². The highest BCUT2D eigenvalue weighted by Gasteiger charge is 2.54. The number of hydrogen-bond donors (Lipinski definition) is 5. The van der Waals surface area contributed by atoms with E-state index in [2.05, 4.69) is 14.8 Å². The third kappa shape index (κ3) is 13.5. The number of aliphatic hydroxyl groups excluding tert-OH is 2. The molecule has 4 aliphatic heterocycles. The van der Waals surface area contributed by atoms with Crippen molar-refractivity contribution >= 4 is 34.4 Å².